The molecule has 1 unspecified atom stereocenters. The Morgan fingerprint density at radius 2 is 1.81 bits per heavy atom. The van der Waals surface area contributed by atoms with Gasteiger partial charge in [-0.1, -0.05) is 38.1 Å². The summed E-state index contributed by atoms with van der Waals surface area (Å²) in [7, 11) is 0. The highest BCUT2D eigenvalue weighted by Gasteiger charge is 2.32. The first-order valence-corrected chi connectivity index (χ1v) is 9.88. The topological polar surface area (TPSA) is 61.9 Å². The molecule has 1 atom stereocenters. The summed E-state index contributed by atoms with van der Waals surface area (Å²) in [6.07, 6.45) is 1.49. The number of carbonyl (C=O) groups excluding carboxylic acids is 2. The first-order valence-electron chi connectivity index (χ1n) is 9.88. The Bertz CT molecular complexity index is 675. The average molecular weight is 373 g/mol. The zero-order valence-corrected chi connectivity index (χ0v) is 16.7. The van der Waals surface area contributed by atoms with E-state index in [1.54, 1.807) is 4.90 Å². The van der Waals surface area contributed by atoms with Crippen molar-refractivity contribution >= 4 is 11.9 Å². The molecule has 2 heterocycles. The maximum atomic E-state index is 12.6. The zero-order valence-electron chi connectivity index (χ0n) is 16.7. The lowest BCUT2D eigenvalue weighted by molar-refractivity contribution is -0.142. The van der Waals surface area contributed by atoms with Gasteiger partial charge in [-0.2, -0.15) is 0 Å². The number of nitrogens with zero attached hydrogens (tertiary/aromatic N) is 2. The van der Waals surface area contributed by atoms with Crippen molar-refractivity contribution in [2.45, 2.75) is 45.1 Å². The lowest BCUT2D eigenvalue weighted by Gasteiger charge is -2.36. The normalized spacial score (nSPS) is 20.6. The van der Waals surface area contributed by atoms with Gasteiger partial charge in [0.1, 0.15) is 6.10 Å². The Kier molecular flexibility index (Phi) is 6.05. The van der Waals surface area contributed by atoms with Crippen LogP contribution in [0.3, 0.4) is 0 Å². The molecule has 27 heavy (non-hydrogen) atoms. The molecule has 6 nitrogen and oxygen atoms in total. The fraction of sp³-hybridized carbons (Fsp3) is 0.619. The van der Waals surface area contributed by atoms with E-state index in [2.05, 4.69) is 38.2 Å². The summed E-state index contributed by atoms with van der Waals surface area (Å²) in [5.41, 5.74) is 2.34. The van der Waals surface area contributed by atoms with Gasteiger partial charge in [-0.05, 0) is 30.9 Å². The van der Waals surface area contributed by atoms with Gasteiger partial charge in [0, 0.05) is 44.7 Å². The Labute approximate surface area is 161 Å². The van der Waals surface area contributed by atoms with Crippen molar-refractivity contribution in [2.75, 3.05) is 39.3 Å². The van der Waals surface area contributed by atoms with Crippen LogP contribution >= 0.6 is 0 Å². The number of aryl methyl sites for hydroxylation is 1. The van der Waals surface area contributed by atoms with Crippen LogP contribution in [0.25, 0.3) is 0 Å². The number of hydrogen-bond acceptors (Lipinski definition) is 3. The fourth-order valence-corrected chi connectivity index (χ4v) is 3.94. The van der Waals surface area contributed by atoms with Crippen LogP contribution in [-0.2, 0) is 14.9 Å². The second-order valence-corrected chi connectivity index (χ2v) is 8.17. The maximum absolute atomic E-state index is 12.6. The molecule has 0 bridgehead atoms. The lowest BCUT2D eigenvalue weighted by atomic mass is 9.82. The smallest absolute Gasteiger partial charge is 0.317 e. The van der Waals surface area contributed by atoms with Crippen LogP contribution in [0.4, 0.5) is 4.79 Å². The first-order chi connectivity index (χ1) is 12.9. The molecule has 3 rings (SSSR count). The number of benzene rings is 1. The van der Waals surface area contributed by atoms with Gasteiger partial charge < -0.3 is 19.9 Å². The van der Waals surface area contributed by atoms with Crippen LogP contribution in [0.2, 0.25) is 0 Å². The minimum atomic E-state index is -0.278. The third-order valence-electron chi connectivity index (χ3n) is 5.64. The Morgan fingerprint density at radius 1 is 1.15 bits per heavy atom. The van der Waals surface area contributed by atoms with Gasteiger partial charge in [0.25, 0.3) is 5.91 Å². The summed E-state index contributed by atoms with van der Waals surface area (Å²) >= 11 is 0. The zero-order chi connectivity index (χ0) is 19.4. The van der Waals surface area contributed by atoms with E-state index < -0.39 is 0 Å². The van der Waals surface area contributed by atoms with E-state index in [0.717, 1.165) is 12.8 Å². The van der Waals surface area contributed by atoms with E-state index in [1.165, 1.54) is 11.1 Å². The van der Waals surface area contributed by atoms with Crippen molar-refractivity contribution in [3.8, 4) is 0 Å². The minimum Gasteiger partial charge on any atom is -0.368 e. The molecule has 2 fully saturated rings. The third kappa shape index (κ3) is 4.61. The molecule has 0 saturated carbocycles. The Balaban J connectivity index is 1.48. The number of hydrogen-bond donors (Lipinski definition) is 1. The molecule has 2 aliphatic heterocycles. The van der Waals surface area contributed by atoms with E-state index in [-0.39, 0.29) is 23.5 Å². The molecule has 148 valence electrons. The van der Waals surface area contributed by atoms with Gasteiger partial charge in [-0.25, -0.2) is 4.79 Å². The highest BCUT2D eigenvalue weighted by Crippen LogP contribution is 2.25. The number of urea groups is 1. The second-order valence-electron chi connectivity index (χ2n) is 8.17. The van der Waals surface area contributed by atoms with Crippen molar-refractivity contribution in [3.05, 3.63) is 35.4 Å². The van der Waals surface area contributed by atoms with Crippen LogP contribution in [-0.4, -0.2) is 67.2 Å². The first kappa shape index (κ1) is 19.7. The molecule has 1 aromatic carbocycles. The van der Waals surface area contributed by atoms with Crippen molar-refractivity contribution < 1.29 is 14.3 Å². The van der Waals surface area contributed by atoms with Gasteiger partial charge in [-0.3, -0.25) is 4.79 Å². The average Bonchev–Trinajstić information content (AvgIpc) is 3.21. The van der Waals surface area contributed by atoms with E-state index >= 15 is 0 Å². The standard InChI is InChI=1S/C21H31N3O3/c1-16-7-4-5-8-17(16)21(2,3)15-22-20(26)24-12-10-23(11-13-24)19(25)18-9-6-14-27-18/h4-5,7-8,18H,6,9-15H2,1-3H3,(H,22,26). The summed E-state index contributed by atoms with van der Waals surface area (Å²) in [5.74, 6) is 0.0771. The summed E-state index contributed by atoms with van der Waals surface area (Å²) in [4.78, 5) is 28.6. The number of piperazine rings is 1. The van der Waals surface area contributed by atoms with Crippen molar-refractivity contribution in [2.24, 2.45) is 0 Å². The van der Waals surface area contributed by atoms with Crippen LogP contribution in [0.15, 0.2) is 24.3 Å². The highest BCUT2D eigenvalue weighted by atomic mass is 16.5. The Hall–Kier alpha value is -2.08. The molecular formula is C21H31N3O3. The SMILES string of the molecule is Cc1ccccc1C(C)(C)CNC(=O)N1CCN(C(=O)C2CCCO2)CC1. The predicted octanol–water partition coefficient (Wildman–Crippen LogP) is 2.31. The lowest BCUT2D eigenvalue weighted by Crippen LogP contribution is -2.55. The van der Waals surface area contributed by atoms with Crippen LogP contribution in [0.1, 0.15) is 37.8 Å². The van der Waals surface area contributed by atoms with E-state index in [0.29, 0.717) is 39.3 Å². The van der Waals surface area contributed by atoms with E-state index in [4.69, 9.17) is 4.74 Å². The number of carbonyl (C=O) groups is 2. The fourth-order valence-electron chi connectivity index (χ4n) is 3.94. The van der Waals surface area contributed by atoms with Gasteiger partial charge in [-0.15, -0.1) is 0 Å². The maximum Gasteiger partial charge on any atom is 0.317 e. The van der Waals surface area contributed by atoms with Gasteiger partial charge >= 0.3 is 6.03 Å². The van der Waals surface area contributed by atoms with Crippen LogP contribution in [0, 0.1) is 6.92 Å². The van der Waals surface area contributed by atoms with Gasteiger partial charge in [0.2, 0.25) is 0 Å². The second kappa shape index (κ2) is 8.30. The molecule has 3 amide bonds. The van der Waals surface area contributed by atoms with Gasteiger partial charge in [0.15, 0.2) is 0 Å². The molecule has 0 aromatic heterocycles. The quantitative estimate of drug-likeness (QED) is 0.881. The predicted molar refractivity (Wildman–Crippen MR) is 105 cm³/mol. The molecule has 1 aromatic rings. The number of rotatable bonds is 4. The summed E-state index contributed by atoms with van der Waals surface area (Å²) in [5, 5.41) is 3.08. The van der Waals surface area contributed by atoms with Crippen molar-refractivity contribution in [1.29, 1.82) is 0 Å². The minimum absolute atomic E-state index is 0.0547. The molecule has 2 saturated heterocycles. The molecule has 0 aliphatic carbocycles. The molecule has 1 N–H and O–H groups in total. The van der Waals surface area contributed by atoms with Gasteiger partial charge in [0.05, 0.1) is 0 Å². The largest absolute Gasteiger partial charge is 0.368 e. The summed E-state index contributed by atoms with van der Waals surface area (Å²) in [6, 6.07) is 8.24. The number of nitrogens with one attached hydrogen (secondary N) is 1. The van der Waals surface area contributed by atoms with Crippen LogP contribution in [0.5, 0.6) is 0 Å². The van der Waals surface area contributed by atoms with Crippen molar-refractivity contribution in [3.63, 3.8) is 0 Å². The molecule has 2 aliphatic rings. The monoisotopic (exact) mass is 373 g/mol. The third-order valence-corrected chi connectivity index (χ3v) is 5.64. The highest BCUT2D eigenvalue weighted by molar-refractivity contribution is 5.81. The molecule has 6 heteroatoms. The number of amides is 3. The van der Waals surface area contributed by atoms with Crippen LogP contribution < -0.4 is 5.32 Å². The molecule has 0 radical (unpaired) electrons. The molecule has 0 spiro atoms. The Morgan fingerprint density at radius 3 is 2.44 bits per heavy atom. The molecular weight excluding hydrogens is 342 g/mol. The summed E-state index contributed by atoms with van der Waals surface area (Å²) < 4.78 is 5.49. The van der Waals surface area contributed by atoms with Crippen molar-refractivity contribution in [1.82, 2.24) is 15.1 Å². The number of ether oxygens (including phenoxy) is 1. The van der Waals surface area contributed by atoms with E-state index in [1.807, 2.05) is 17.0 Å². The van der Waals surface area contributed by atoms with E-state index in [9.17, 15) is 9.59 Å². The summed E-state index contributed by atoms with van der Waals surface area (Å²) in [6.45, 7) is 9.93.